The molecule has 0 bridgehead atoms. The molecule has 2 N–H and O–H groups in total. The number of nitrogens with one attached hydrogen (secondary N) is 2. The highest BCUT2D eigenvalue weighted by molar-refractivity contribution is 5.94. The number of carbonyl (C=O) groups excluding carboxylic acids is 2. The number of carbonyl (C=O) groups is 2. The quantitative estimate of drug-likeness (QED) is 0.793. The van der Waals surface area contributed by atoms with Crippen LogP contribution < -0.4 is 15.8 Å². The minimum Gasteiger partial charge on any atom is -0.312 e. The van der Waals surface area contributed by atoms with E-state index >= 15 is 0 Å². The Hall–Kier alpha value is -2.66. The summed E-state index contributed by atoms with van der Waals surface area (Å²) in [5.41, 5.74) is 8.09. The molecule has 29 heavy (non-hydrogen) atoms. The van der Waals surface area contributed by atoms with Gasteiger partial charge in [-0.15, -0.1) is 0 Å². The Morgan fingerprint density at radius 1 is 0.966 bits per heavy atom. The Morgan fingerprint density at radius 2 is 1.66 bits per heavy atom. The summed E-state index contributed by atoms with van der Waals surface area (Å²) in [4.78, 5) is 27.5. The van der Waals surface area contributed by atoms with Gasteiger partial charge in [0.1, 0.15) is 0 Å². The van der Waals surface area contributed by atoms with Crippen molar-refractivity contribution in [3.05, 3.63) is 66.2 Å². The van der Waals surface area contributed by atoms with Crippen molar-refractivity contribution in [2.75, 3.05) is 11.4 Å². The average molecular weight is 392 g/mol. The first kappa shape index (κ1) is 19.6. The number of rotatable bonds is 6. The largest absolute Gasteiger partial charge is 0.312 e. The van der Waals surface area contributed by atoms with E-state index in [0.717, 1.165) is 37.8 Å². The Balaban J connectivity index is 1.48. The van der Waals surface area contributed by atoms with E-state index < -0.39 is 0 Å². The van der Waals surface area contributed by atoms with Gasteiger partial charge in [-0.25, -0.2) is 5.43 Å². The summed E-state index contributed by atoms with van der Waals surface area (Å²) in [6.45, 7) is 0.639. The van der Waals surface area contributed by atoms with E-state index in [-0.39, 0.29) is 29.7 Å². The Bertz CT molecular complexity index is 825. The molecule has 5 heteroatoms. The molecule has 2 amide bonds. The molecule has 0 radical (unpaired) electrons. The molecular formula is C24H29N3O2. The number of benzene rings is 2. The van der Waals surface area contributed by atoms with Crippen LogP contribution in [0.2, 0.25) is 0 Å². The van der Waals surface area contributed by atoms with E-state index in [1.807, 2.05) is 53.4 Å². The predicted molar refractivity (Wildman–Crippen MR) is 114 cm³/mol. The second-order valence-electron chi connectivity index (χ2n) is 8.12. The summed E-state index contributed by atoms with van der Waals surface area (Å²) < 4.78 is 0. The Labute approximate surface area is 172 Å². The third-order valence-electron chi connectivity index (χ3n) is 6.28. The van der Waals surface area contributed by atoms with Crippen molar-refractivity contribution >= 4 is 17.5 Å². The van der Waals surface area contributed by atoms with Crippen molar-refractivity contribution in [2.24, 2.45) is 11.8 Å². The predicted octanol–water partition coefficient (Wildman–Crippen LogP) is 3.46. The lowest BCUT2D eigenvalue weighted by molar-refractivity contribution is -0.135. The minimum atomic E-state index is -0.00608. The number of para-hydroxylation sites is 1. The van der Waals surface area contributed by atoms with Crippen LogP contribution in [0.3, 0.4) is 0 Å². The third-order valence-corrected chi connectivity index (χ3v) is 6.28. The van der Waals surface area contributed by atoms with Crippen LogP contribution in [-0.2, 0) is 16.0 Å². The average Bonchev–Trinajstić information content (AvgIpc) is 2.77. The highest BCUT2D eigenvalue weighted by atomic mass is 16.2. The zero-order valence-electron chi connectivity index (χ0n) is 16.7. The summed E-state index contributed by atoms with van der Waals surface area (Å²) in [6.07, 6.45) is 5.38. The molecule has 1 aliphatic heterocycles. The molecule has 5 nitrogen and oxygen atoms in total. The lowest BCUT2D eigenvalue weighted by Gasteiger charge is -2.41. The Morgan fingerprint density at radius 3 is 2.41 bits per heavy atom. The van der Waals surface area contributed by atoms with Gasteiger partial charge in [0.05, 0.1) is 0 Å². The molecule has 1 heterocycles. The lowest BCUT2D eigenvalue weighted by atomic mass is 9.73. The molecule has 2 fully saturated rings. The third kappa shape index (κ3) is 4.67. The number of hydrazine groups is 1. The van der Waals surface area contributed by atoms with Crippen LogP contribution in [-0.4, -0.2) is 24.4 Å². The van der Waals surface area contributed by atoms with Crippen molar-refractivity contribution in [1.82, 2.24) is 10.9 Å². The number of fused-ring (bicyclic) bond motifs is 1. The molecular weight excluding hydrogens is 362 g/mol. The maximum atomic E-state index is 13.4. The van der Waals surface area contributed by atoms with Gasteiger partial charge in [0.25, 0.3) is 0 Å². The second kappa shape index (κ2) is 9.23. The molecule has 1 saturated carbocycles. The van der Waals surface area contributed by atoms with Gasteiger partial charge in [-0.2, -0.15) is 0 Å². The van der Waals surface area contributed by atoms with E-state index in [2.05, 4.69) is 23.0 Å². The van der Waals surface area contributed by atoms with Crippen molar-refractivity contribution in [3.63, 3.8) is 0 Å². The fraction of sp³-hybridized carbons (Fsp3) is 0.417. The van der Waals surface area contributed by atoms with Crippen LogP contribution in [0.4, 0.5) is 5.69 Å². The summed E-state index contributed by atoms with van der Waals surface area (Å²) in [5, 5.41) is 0. The zero-order chi connectivity index (χ0) is 20.1. The standard InChI is InChI=1S/C24H29N3O2/c28-23(17-22-20-13-7-8-14-21(20)24(29)26-25-22)27(19-11-5-2-6-12-19)16-15-18-9-3-1-4-10-18/h1-6,9-12,20-22,25H,7-8,13-17H2,(H,26,29). The highest BCUT2D eigenvalue weighted by Gasteiger charge is 2.41. The van der Waals surface area contributed by atoms with Crippen LogP contribution in [0.15, 0.2) is 60.7 Å². The maximum absolute atomic E-state index is 13.4. The molecule has 3 atom stereocenters. The van der Waals surface area contributed by atoms with Gasteiger partial charge in [-0.3, -0.25) is 15.0 Å². The monoisotopic (exact) mass is 391 g/mol. The normalized spacial score (nSPS) is 23.7. The van der Waals surface area contributed by atoms with Gasteiger partial charge in [0.2, 0.25) is 11.8 Å². The molecule has 1 aliphatic carbocycles. The zero-order valence-corrected chi connectivity index (χ0v) is 16.7. The van der Waals surface area contributed by atoms with E-state index in [0.29, 0.717) is 13.0 Å². The number of hydrogen-bond acceptors (Lipinski definition) is 3. The van der Waals surface area contributed by atoms with Gasteiger partial charge in [-0.1, -0.05) is 61.4 Å². The first-order chi connectivity index (χ1) is 14.2. The number of hydrogen-bond donors (Lipinski definition) is 2. The van der Waals surface area contributed by atoms with Gasteiger partial charge < -0.3 is 4.90 Å². The minimum absolute atomic E-state index is 0.00608. The molecule has 1 saturated heterocycles. The SMILES string of the molecule is O=C1NNC(CC(=O)N(CCc2ccccc2)c2ccccc2)C2CCCCC12. The van der Waals surface area contributed by atoms with Crippen LogP contribution in [0.5, 0.6) is 0 Å². The van der Waals surface area contributed by atoms with Gasteiger partial charge in [0, 0.05) is 30.6 Å². The molecule has 3 unspecified atom stereocenters. The van der Waals surface area contributed by atoms with E-state index in [4.69, 9.17) is 0 Å². The fourth-order valence-electron chi connectivity index (χ4n) is 4.72. The molecule has 0 aromatic heterocycles. The van der Waals surface area contributed by atoms with Crippen LogP contribution in [0.25, 0.3) is 0 Å². The van der Waals surface area contributed by atoms with Gasteiger partial charge in [0.15, 0.2) is 0 Å². The van der Waals surface area contributed by atoms with Gasteiger partial charge >= 0.3 is 0 Å². The molecule has 2 aromatic rings. The summed E-state index contributed by atoms with van der Waals surface area (Å²) in [5.74, 6) is 0.470. The van der Waals surface area contributed by atoms with Crippen molar-refractivity contribution in [1.29, 1.82) is 0 Å². The molecule has 152 valence electrons. The molecule has 2 aliphatic rings. The first-order valence-corrected chi connectivity index (χ1v) is 10.7. The van der Waals surface area contributed by atoms with E-state index in [1.165, 1.54) is 5.56 Å². The molecule has 0 spiro atoms. The summed E-state index contributed by atoms with van der Waals surface area (Å²) >= 11 is 0. The second-order valence-corrected chi connectivity index (χ2v) is 8.12. The van der Waals surface area contributed by atoms with Crippen LogP contribution in [0.1, 0.15) is 37.7 Å². The highest BCUT2D eigenvalue weighted by Crippen LogP contribution is 2.35. The number of nitrogens with zero attached hydrogens (tertiary/aromatic N) is 1. The van der Waals surface area contributed by atoms with Crippen LogP contribution >= 0.6 is 0 Å². The van der Waals surface area contributed by atoms with E-state index in [9.17, 15) is 9.59 Å². The summed E-state index contributed by atoms with van der Waals surface area (Å²) in [7, 11) is 0. The van der Waals surface area contributed by atoms with E-state index in [1.54, 1.807) is 0 Å². The topological polar surface area (TPSA) is 61.4 Å². The molecule has 2 aromatic carbocycles. The molecule has 4 rings (SSSR count). The Kier molecular flexibility index (Phi) is 6.25. The summed E-state index contributed by atoms with van der Waals surface area (Å²) in [6, 6.07) is 20.1. The lowest BCUT2D eigenvalue weighted by Crippen LogP contribution is -2.60. The van der Waals surface area contributed by atoms with Crippen molar-refractivity contribution in [3.8, 4) is 0 Å². The number of amides is 2. The van der Waals surface area contributed by atoms with Gasteiger partial charge in [-0.05, 0) is 42.9 Å². The van der Waals surface area contributed by atoms with Crippen LogP contribution in [0, 0.1) is 11.8 Å². The number of anilines is 1. The smallest absolute Gasteiger partial charge is 0.237 e. The fourth-order valence-corrected chi connectivity index (χ4v) is 4.72. The maximum Gasteiger partial charge on any atom is 0.237 e. The van der Waals surface area contributed by atoms with Crippen molar-refractivity contribution in [2.45, 2.75) is 44.6 Å². The van der Waals surface area contributed by atoms with Crippen molar-refractivity contribution < 1.29 is 9.59 Å². The first-order valence-electron chi connectivity index (χ1n) is 10.7.